The first-order valence-electron chi connectivity index (χ1n) is 9.09. The number of amides is 1. The fourth-order valence-corrected chi connectivity index (χ4v) is 3.07. The minimum Gasteiger partial charge on any atom is -0.492 e. The second kappa shape index (κ2) is 9.26. The molecule has 0 saturated carbocycles. The van der Waals surface area contributed by atoms with Gasteiger partial charge in [0.25, 0.3) is 5.91 Å². The number of furan rings is 1. The van der Waals surface area contributed by atoms with Crippen LogP contribution in [0.5, 0.6) is 5.75 Å². The van der Waals surface area contributed by atoms with Gasteiger partial charge in [0.05, 0.1) is 26.3 Å². The highest BCUT2D eigenvalue weighted by atomic mass is 35.5. The zero-order valence-electron chi connectivity index (χ0n) is 15.7. The van der Waals surface area contributed by atoms with E-state index in [4.69, 9.17) is 25.5 Å². The molecule has 0 aliphatic carbocycles. The number of nitrogens with zero attached hydrogens (tertiary/aromatic N) is 1. The molecule has 2 aromatic rings. The second-order valence-corrected chi connectivity index (χ2v) is 7.04. The maximum atomic E-state index is 12.4. The van der Waals surface area contributed by atoms with Crippen molar-refractivity contribution in [2.75, 3.05) is 39.5 Å². The van der Waals surface area contributed by atoms with Crippen LogP contribution in [0.2, 0.25) is 5.02 Å². The highest BCUT2D eigenvalue weighted by molar-refractivity contribution is 6.31. The number of morpholine rings is 1. The summed E-state index contributed by atoms with van der Waals surface area (Å²) in [5.74, 6) is 1.66. The molecule has 6 nitrogen and oxygen atoms in total. The predicted molar refractivity (Wildman–Crippen MR) is 104 cm³/mol. The smallest absolute Gasteiger partial charge is 0.287 e. The Labute approximate surface area is 164 Å². The van der Waals surface area contributed by atoms with Crippen LogP contribution >= 0.6 is 11.6 Å². The Kier molecular flexibility index (Phi) is 6.77. The Morgan fingerprint density at radius 1 is 1.22 bits per heavy atom. The Hall–Kier alpha value is -2.02. The first kappa shape index (κ1) is 19.7. The molecular weight excluding hydrogens is 368 g/mol. The van der Waals surface area contributed by atoms with Crippen LogP contribution in [0.3, 0.4) is 0 Å². The zero-order valence-corrected chi connectivity index (χ0v) is 16.5. The summed E-state index contributed by atoms with van der Waals surface area (Å²) in [6, 6.07) is 7.41. The third-order valence-corrected chi connectivity index (χ3v) is 4.87. The number of carbonyl (C=O) groups is 1. The fourth-order valence-electron chi connectivity index (χ4n) is 2.95. The average Bonchev–Trinajstić information content (AvgIpc) is 3.02. The molecule has 0 bridgehead atoms. The summed E-state index contributed by atoms with van der Waals surface area (Å²) in [7, 11) is 0. The normalized spacial score (nSPS) is 14.9. The molecule has 2 heterocycles. The summed E-state index contributed by atoms with van der Waals surface area (Å²) < 4.78 is 16.8. The molecule has 1 N–H and O–H groups in total. The van der Waals surface area contributed by atoms with Crippen LogP contribution in [0.15, 0.2) is 28.7 Å². The molecule has 1 aliphatic heterocycles. The van der Waals surface area contributed by atoms with Gasteiger partial charge >= 0.3 is 0 Å². The monoisotopic (exact) mass is 392 g/mol. The topological polar surface area (TPSA) is 63.9 Å². The molecule has 1 saturated heterocycles. The molecule has 146 valence electrons. The van der Waals surface area contributed by atoms with E-state index in [2.05, 4.69) is 10.2 Å². The van der Waals surface area contributed by atoms with Crippen molar-refractivity contribution in [1.82, 2.24) is 10.2 Å². The van der Waals surface area contributed by atoms with Crippen molar-refractivity contribution < 1.29 is 18.7 Å². The number of carbonyl (C=O) groups excluding carboxylic acids is 1. The number of halogens is 1. The minimum absolute atomic E-state index is 0.225. The predicted octanol–water partition coefficient (Wildman–Crippen LogP) is 3.19. The Balaban J connectivity index is 1.46. The molecule has 1 aromatic heterocycles. The van der Waals surface area contributed by atoms with Crippen LogP contribution in [0.25, 0.3) is 0 Å². The second-order valence-electron chi connectivity index (χ2n) is 6.63. The molecule has 1 aliphatic rings. The van der Waals surface area contributed by atoms with Crippen LogP contribution in [0, 0.1) is 13.8 Å². The molecule has 0 spiro atoms. The summed E-state index contributed by atoms with van der Waals surface area (Å²) in [6.45, 7) is 8.48. The highest BCUT2D eigenvalue weighted by Crippen LogP contribution is 2.21. The molecule has 1 aromatic carbocycles. The maximum absolute atomic E-state index is 12.4. The van der Waals surface area contributed by atoms with Gasteiger partial charge in [-0.3, -0.25) is 9.69 Å². The standard InChI is InChI=1S/C20H25ClN2O4/c1-14-11-16(3-4-18(14)21)26-8-5-22-20(24)19-15(2)12-17(27-19)13-23-6-9-25-10-7-23/h3-4,11-12H,5-10,13H2,1-2H3,(H,22,24). The molecule has 1 amide bonds. The van der Waals surface area contributed by atoms with E-state index in [9.17, 15) is 4.79 Å². The van der Waals surface area contributed by atoms with Crippen LogP contribution in [-0.2, 0) is 11.3 Å². The molecule has 0 unspecified atom stereocenters. The Bertz CT molecular complexity index is 784. The quantitative estimate of drug-likeness (QED) is 0.733. The Morgan fingerprint density at radius 3 is 2.74 bits per heavy atom. The average molecular weight is 393 g/mol. The number of rotatable bonds is 7. The van der Waals surface area contributed by atoms with E-state index in [1.54, 1.807) is 6.07 Å². The van der Waals surface area contributed by atoms with Crippen molar-refractivity contribution >= 4 is 17.5 Å². The lowest BCUT2D eigenvalue weighted by molar-refractivity contribution is 0.0311. The summed E-state index contributed by atoms with van der Waals surface area (Å²) in [6.07, 6.45) is 0. The van der Waals surface area contributed by atoms with Gasteiger partial charge in [0.1, 0.15) is 18.1 Å². The van der Waals surface area contributed by atoms with Gasteiger partial charge in [0.15, 0.2) is 5.76 Å². The number of aryl methyl sites for hydroxylation is 2. The van der Waals surface area contributed by atoms with E-state index in [0.717, 1.165) is 48.9 Å². The third-order valence-electron chi connectivity index (χ3n) is 4.44. The van der Waals surface area contributed by atoms with Gasteiger partial charge in [0, 0.05) is 23.7 Å². The molecule has 1 fully saturated rings. The number of benzene rings is 1. The molecule has 3 rings (SSSR count). The van der Waals surface area contributed by atoms with Crippen molar-refractivity contribution in [3.63, 3.8) is 0 Å². The van der Waals surface area contributed by atoms with Crippen LogP contribution in [0.4, 0.5) is 0 Å². The molecular formula is C20H25ClN2O4. The number of hydrogen-bond donors (Lipinski definition) is 1. The van der Waals surface area contributed by atoms with E-state index in [1.807, 2.05) is 32.0 Å². The molecule has 7 heteroatoms. The van der Waals surface area contributed by atoms with E-state index < -0.39 is 0 Å². The van der Waals surface area contributed by atoms with E-state index in [0.29, 0.717) is 30.5 Å². The summed E-state index contributed by atoms with van der Waals surface area (Å²) in [4.78, 5) is 14.6. The lowest BCUT2D eigenvalue weighted by Gasteiger charge is -2.25. The lowest BCUT2D eigenvalue weighted by atomic mass is 10.2. The van der Waals surface area contributed by atoms with E-state index in [1.165, 1.54) is 0 Å². The Morgan fingerprint density at radius 2 is 2.00 bits per heavy atom. The van der Waals surface area contributed by atoms with E-state index in [-0.39, 0.29) is 5.91 Å². The SMILES string of the molecule is Cc1cc(OCCNC(=O)c2oc(CN3CCOCC3)cc2C)ccc1Cl. The lowest BCUT2D eigenvalue weighted by Crippen LogP contribution is -2.35. The maximum Gasteiger partial charge on any atom is 0.287 e. The van der Waals surface area contributed by atoms with Crippen LogP contribution in [-0.4, -0.2) is 50.3 Å². The molecule has 27 heavy (non-hydrogen) atoms. The van der Waals surface area contributed by atoms with Gasteiger partial charge in [-0.2, -0.15) is 0 Å². The number of ether oxygens (including phenoxy) is 2. The largest absolute Gasteiger partial charge is 0.492 e. The number of nitrogens with one attached hydrogen (secondary N) is 1. The molecule has 0 radical (unpaired) electrons. The highest BCUT2D eigenvalue weighted by Gasteiger charge is 2.18. The van der Waals surface area contributed by atoms with Gasteiger partial charge < -0.3 is 19.2 Å². The van der Waals surface area contributed by atoms with Gasteiger partial charge in [-0.1, -0.05) is 11.6 Å². The summed E-state index contributed by atoms with van der Waals surface area (Å²) >= 11 is 6.00. The van der Waals surface area contributed by atoms with Crippen LogP contribution in [0.1, 0.15) is 27.4 Å². The zero-order chi connectivity index (χ0) is 19.2. The molecule has 0 atom stereocenters. The first-order valence-corrected chi connectivity index (χ1v) is 9.47. The third kappa shape index (κ3) is 5.48. The van der Waals surface area contributed by atoms with Crippen molar-refractivity contribution in [3.05, 3.63) is 51.9 Å². The van der Waals surface area contributed by atoms with E-state index >= 15 is 0 Å². The van der Waals surface area contributed by atoms with Crippen molar-refractivity contribution in [2.45, 2.75) is 20.4 Å². The van der Waals surface area contributed by atoms with Crippen molar-refractivity contribution in [3.8, 4) is 5.75 Å². The van der Waals surface area contributed by atoms with Gasteiger partial charge in [-0.15, -0.1) is 0 Å². The van der Waals surface area contributed by atoms with Crippen molar-refractivity contribution in [2.24, 2.45) is 0 Å². The fraction of sp³-hybridized carbons (Fsp3) is 0.450. The van der Waals surface area contributed by atoms with Gasteiger partial charge in [-0.05, 0) is 43.7 Å². The number of hydrogen-bond acceptors (Lipinski definition) is 5. The minimum atomic E-state index is -0.225. The van der Waals surface area contributed by atoms with Crippen LogP contribution < -0.4 is 10.1 Å². The first-order chi connectivity index (χ1) is 13.0. The summed E-state index contributed by atoms with van der Waals surface area (Å²) in [5.41, 5.74) is 1.79. The van der Waals surface area contributed by atoms with Gasteiger partial charge in [0.2, 0.25) is 0 Å². The van der Waals surface area contributed by atoms with Crippen molar-refractivity contribution in [1.29, 1.82) is 0 Å². The van der Waals surface area contributed by atoms with Gasteiger partial charge in [-0.25, -0.2) is 0 Å². The summed E-state index contributed by atoms with van der Waals surface area (Å²) in [5, 5.41) is 3.54.